The average Bonchev–Trinajstić information content (AvgIpc) is 1.46. The molecule has 0 saturated heterocycles. The number of aryl methyl sites for hydroxylation is 2. The molecule has 0 radical (unpaired) electrons. The molecule has 3 aliphatic carbocycles. The molecule has 15 aromatic carbocycles. The van der Waals surface area contributed by atoms with Gasteiger partial charge in [-0.15, -0.1) is 0 Å². The minimum atomic E-state index is -0.503. The molecular weight excluding hydrogens is 1130 g/mol. The Morgan fingerprint density at radius 1 is 0.298 bits per heavy atom. The minimum Gasteiger partial charge on any atom is -0.310 e. The zero-order valence-corrected chi connectivity index (χ0v) is 52.5. The van der Waals surface area contributed by atoms with Gasteiger partial charge in [-0.05, 0) is 197 Å². The summed E-state index contributed by atoms with van der Waals surface area (Å²) in [7, 11) is 0. The van der Waals surface area contributed by atoms with Crippen LogP contribution in [-0.4, -0.2) is 0 Å². The number of hydrogen-bond donors (Lipinski definition) is 0. The minimum absolute atomic E-state index is 0.224. The second-order valence-corrected chi connectivity index (χ2v) is 26.0. The van der Waals surface area contributed by atoms with Gasteiger partial charge in [0, 0.05) is 45.4 Å². The number of hydrogen-bond acceptors (Lipinski definition) is 2. The summed E-state index contributed by atoms with van der Waals surface area (Å²) < 4.78 is 0. The highest BCUT2D eigenvalue weighted by Gasteiger charge is 2.53. The van der Waals surface area contributed by atoms with E-state index in [2.05, 4.69) is 376 Å². The largest absolute Gasteiger partial charge is 0.310 e. The van der Waals surface area contributed by atoms with E-state index in [0.29, 0.717) is 0 Å². The van der Waals surface area contributed by atoms with Crippen LogP contribution in [0.2, 0.25) is 0 Å². The molecule has 0 saturated carbocycles. The molecule has 0 bridgehead atoms. The van der Waals surface area contributed by atoms with E-state index in [1.165, 1.54) is 116 Å². The lowest BCUT2D eigenvalue weighted by Gasteiger charge is -2.39. The molecule has 0 heterocycles. The lowest BCUT2D eigenvalue weighted by Crippen LogP contribution is -2.35. The van der Waals surface area contributed by atoms with Crippen LogP contribution in [0.4, 0.5) is 34.1 Å². The lowest BCUT2D eigenvalue weighted by atomic mass is 9.63. The van der Waals surface area contributed by atoms with Crippen LogP contribution in [0.25, 0.3) is 65.7 Å². The van der Waals surface area contributed by atoms with Gasteiger partial charge < -0.3 is 9.80 Å². The maximum absolute atomic E-state index is 2.49. The van der Waals surface area contributed by atoms with Crippen LogP contribution < -0.4 is 9.80 Å². The fourth-order valence-electron chi connectivity index (χ4n) is 17.0. The van der Waals surface area contributed by atoms with Crippen LogP contribution in [0.5, 0.6) is 0 Å². The van der Waals surface area contributed by atoms with Crippen molar-refractivity contribution >= 4 is 66.4 Å². The third-order valence-electron chi connectivity index (χ3n) is 20.9. The number of allylic oxidation sites excluding steroid dienone is 4. The van der Waals surface area contributed by atoms with Crippen molar-refractivity contribution in [2.75, 3.05) is 9.80 Å². The summed E-state index contributed by atoms with van der Waals surface area (Å²) in [4.78, 5) is 4.97. The fraction of sp³-hybridized carbons (Fsp3) is 0.0652. The normalized spacial score (nSPS) is 16.4. The number of nitrogens with zero attached hydrogens (tertiary/aromatic N) is 2. The summed E-state index contributed by atoms with van der Waals surface area (Å²) in [6, 6.07) is 123. The predicted molar refractivity (Wildman–Crippen MR) is 394 cm³/mol. The third kappa shape index (κ3) is 8.49. The quantitative estimate of drug-likeness (QED) is 0.113. The van der Waals surface area contributed by atoms with Crippen molar-refractivity contribution in [2.24, 2.45) is 5.92 Å². The van der Waals surface area contributed by atoms with E-state index in [0.717, 1.165) is 39.7 Å². The summed E-state index contributed by atoms with van der Waals surface area (Å²) in [5, 5.41) is 7.30. The van der Waals surface area contributed by atoms with E-state index in [4.69, 9.17) is 0 Å². The SMILES string of the molecule is Cc1cccc(N(c2cccc(-c3cccc(C4(c5ccccc5)c5ccccc5-c5ccccc54)c3)c2)c2ccc3ccc4c(N(c5cccc(C)c5)c5cccc(-c6cccc(C7(c8ccccc8)c8ccccc8C8C=CC=CC87)c6)c5)ccc5ccc2c3c54)c1. The molecule has 3 atom stereocenters. The van der Waals surface area contributed by atoms with Crippen molar-refractivity contribution in [1.82, 2.24) is 0 Å². The standard InChI is InChI=1S/C92H66N2/c1-61-23-17-35-73(55-61)93(75-37-21-27-67(59-75)65-25-19-33-71(57-65)91(69-29-5-3-6-30-69)83-43-13-9-39-77(83)78-40-10-14-44-84(78)91)87-53-49-63-48-52-82-88(54-50-64-47-51-81(87)89(63)90(64)82)94(74-36-18-24-62(2)56-74)76-38-22-28-68(60-76)66-26-20-34-72(58-66)92(70-31-7-4-8-32-70)85-45-15-11-41-79(85)80-42-12-16-46-86(80)92/h3-60,77,83H,1-2H3. The van der Waals surface area contributed by atoms with Gasteiger partial charge in [0.05, 0.1) is 22.2 Å². The number of benzene rings is 15. The van der Waals surface area contributed by atoms with Gasteiger partial charge >= 0.3 is 0 Å². The van der Waals surface area contributed by atoms with E-state index in [-0.39, 0.29) is 17.3 Å². The van der Waals surface area contributed by atoms with Crippen molar-refractivity contribution in [1.29, 1.82) is 0 Å². The Morgan fingerprint density at radius 2 is 0.713 bits per heavy atom. The molecule has 3 unspecified atom stereocenters. The van der Waals surface area contributed by atoms with Gasteiger partial charge in [-0.2, -0.15) is 0 Å². The van der Waals surface area contributed by atoms with Crippen LogP contribution in [-0.2, 0) is 10.8 Å². The molecule has 0 spiro atoms. The monoisotopic (exact) mass is 1200 g/mol. The molecule has 0 fully saturated rings. The first-order chi connectivity index (χ1) is 46.4. The number of anilines is 6. The molecule has 444 valence electrons. The molecule has 0 aliphatic heterocycles. The van der Waals surface area contributed by atoms with Crippen LogP contribution in [0.3, 0.4) is 0 Å². The Bertz CT molecular complexity index is 5470. The Labute approximate surface area is 550 Å². The molecule has 2 heteroatoms. The van der Waals surface area contributed by atoms with Gasteiger partial charge in [0.2, 0.25) is 0 Å². The molecule has 15 aromatic rings. The van der Waals surface area contributed by atoms with Gasteiger partial charge in [-0.1, -0.05) is 279 Å². The number of rotatable bonds is 12. The maximum atomic E-state index is 2.49. The highest BCUT2D eigenvalue weighted by Crippen LogP contribution is 2.61. The molecular formula is C92H66N2. The highest BCUT2D eigenvalue weighted by molar-refractivity contribution is 6.28. The molecule has 0 amide bonds. The van der Waals surface area contributed by atoms with E-state index in [1.54, 1.807) is 0 Å². The highest BCUT2D eigenvalue weighted by atomic mass is 15.2. The first-order valence-corrected chi connectivity index (χ1v) is 33.0. The van der Waals surface area contributed by atoms with Crippen LogP contribution in [0.1, 0.15) is 61.6 Å². The first kappa shape index (κ1) is 55.3. The maximum Gasteiger partial charge on any atom is 0.0713 e. The summed E-state index contributed by atoms with van der Waals surface area (Å²) >= 11 is 0. The van der Waals surface area contributed by atoms with Gasteiger partial charge in [-0.3, -0.25) is 0 Å². The van der Waals surface area contributed by atoms with Crippen molar-refractivity contribution in [3.63, 3.8) is 0 Å². The van der Waals surface area contributed by atoms with Crippen molar-refractivity contribution in [2.45, 2.75) is 30.6 Å². The smallest absolute Gasteiger partial charge is 0.0713 e. The van der Waals surface area contributed by atoms with Crippen LogP contribution >= 0.6 is 0 Å². The van der Waals surface area contributed by atoms with Gasteiger partial charge in [0.15, 0.2) is 0 Å². The van der Waals surface area contributed by atoms with Crippen molar-refractivity contribution in [3.05, 3.63) is 408 Å². The van der Waals surface area contributed by atoms with Crippen molar-refractivity contribution < 1.29 is 0 Å². The second kappa shape index (κ2) is 22.1. The molecule has 3 aliphatic rings. The third-order valence-corrected chi connectivity index (χ3v) is 20.9. The second-order valence-electron chi connectivity index (χ2n) is 26.0. The summed E-state index contributed by atoms with van der Waals surface area (Å²) in [5.74, 6) is 0.504. The van der Waals surface area contributed by atoms with E-state index in [9.17, 15) is 0 Å². The van der Waals surface area contributed by atoms with Crippen LogP contribution in [0.15, 0.2) is 352 Å². The number of fused-ring (bicyclic) bond motifs is 6. The summed E-state index contributed by atoms with van der Waals surface area (Å²) in [5.41, 5.74) is 26.0. The molecule has 18 rings (SSSR count). The van der Waals surface area contributed by atoms with Gasteiger partial charge in [-0.25, -0.2) is 0 Å². The van der Waals surface area contributed by atoms with E-state index in [1.807, 2.05) is 0 Å². The Morgan fingerprint density at radius 3 is 1.27 bits per heavy atom. The Kier molecular flexibility index (Phi) is 13.0. The zero-order chi connectivity index (χ0) is 62.5. The Balaban J connectivity index is 0.771. The van der Waals surface area contributed by atoms with E-state index < -0.39 is 5.41 Å². The molecule has 0 aromatic heterocycles. The zero-order valence-electron chi connectivity index (χ0n) is 52.5. The fourth-order valence-corrected chi connectivity index (χ4v) is 17.0. The first-order valence-electron chi connectivity index (χ1n) is 33.0. The molecule has 94 heavy (non-hydrogen) atoms. The van der Waals surface area contributed by atoms with Crippen LogP contribution in [0, 0.1) is 19.8 Å². The van der Waals surface area contributed by atoms with E-state index >= 15 is 0 Å². The lowest BCUT2D eigenvalue weighted by molar-refractivity contribution is 0.457. The predicted octanol–water partition coefficient (Wildman–Crippen LogP) is 24.0. The van der Waals surface area contributed by atoms with Gasteiger partial charge in [0.1, 0.15) is 0 Å². The topological polar surface area (TPSA) is 6.48 Å². The molecule has 0 N–H and O–H groups in total. The van der Waals surface area contributed by atoms with Gasteiger partial charge in [0.25, 0.3) is 0 Å². The van der Waals surface area contributed by atoms with Crippen molar-refractivity contribution in [3.8, 4) is 33.4 Å². The molecule has 2 nitrogen and oxygen atoms in total. The summed E-state index contributed by atoms with van der Waals surface area (Å²) in [6.07, 6.45) is 9.36. The Hall–Kier alpha value is -11.6. The average molecular weight is 1200 g/mol. The summed E-state index contributed by atoms with van der Waals surface area (Å²) in [6.45, 7) is 4.39.